The largest absolute Gasteiger partial charge is 0.340 e. The lowest BCUT2D eigenvalue weighted by atomic mass is 10.2. The first-order chi connectivity index (χ1) is 11.1. The summed E-state index contributed by atoms with van der Waals surface area (Å²) < 4.78 is 32.1. The highest BCUT2D eigenvalue weighted by molar-refractivity contribution is 7.89. The maximum atomic E-state index is 12.2. The fraction of sp³-hybridized carbons (Fsp3) is 0.467. The second-order valence-electron chi connectivity index (χ2n) is 5.58. The zero-order chi connectivity index (χ0) is 16.3. The molecule has 3 rings (SSSR count). The Labute approximate surface area is 135 Å². The number of aryl methyl sites for hydroxylation is 1. The Morgan fingerprint density at radius 2 is 2.13 bits per heavy atom. The van der Waals surface area contributed by atoms with E-state index in [1.165, 1.54) is 0 Å². The second kappa shape index (κ2) is 6.77. The summed E-state index contributed by atoms with van der Waals surface area (Å²) in [6, 6.07) is 8.49. The summed E-state index contributed by atoms with van der Waals surface area (Å²) in [7, 11) is -3.46. The van der Waals surface area contributed by atoms with Crippen LogP contribution in [0.1, 0.15) is 30.6 Å². The van der Waals surface area contributed by atoms with Gasteiger partial charge in [0, 0.05) is 20.0 Å². The molecule has 1 atom stereocenters. The quantitative estimate of drug-likeness (QED) is 0.860. The van der Waals surface area contributed by atoms with Crippen LogP contribution in [0.3, 0.4) is 0 Å². The minimum absolute atomic E-state index is 0.105. The number of hydrogen-bond acceptors (Lipinski definition) is 6. The standard InChI is InChI=1S/C15H20N4O3S/c1-12-17-15(18-22-12)14-8-5-10-19(14)11-9-16-23(20,21)13-6-3-2-4-7-13/h2-4,6-7,14,16H,5,8-11H2,1H3/t14-/m0/s1. The molecule has 23 heavy (non-hydrogen) atoms. The van der Waals surface area contributed by atoms with Crippen molar-refractivity contribution in [3.63, 3.8) is 0 Å². The van der Waals surface area contributed by atoms with Gasteiger partial charge in [-0.2, -0.15) is 4.98 Å². The molecule has 1 aromatic carbocycles. The normalized spacial score (nSPS) is 19.3. The van der Waals surface area contributed by atoms with Crippen LogP contribution in [-0.2, 0) is 10.0 Å². The van der Waals surface area contributed by atoms with Crippen molar-refractivity contribution in [3.05, 3.63) is 42.0 Å². The summed E-state index contributed by atoms with van der Waals surface area (Å²) in [6.45, 7) is 3.64. The summed E-state index contributed by atoms with van der Waals surface area (Å²) in [4.78, 5) is 6.77. The molecule has 0 saturated carbocycles. The van der Waals surface area contributed by atoms with Crippen molar-refractivity contribution in [2.75, 3.05) is 19.6 Å². The smallest absolute Gasteiger partial charge is 0.240 e. The van der Waals surface area contributed by atoms with E-state index >= 15 is 0 Å². The molecule has 2 heterocycles. The van der Waals surface area contributed by atoms with Crippen LogP contribution in [0.4, 0.5) is 0 Å². The number of sulfonamides is 1. The molecule has 0 aliphatic carbocycles. The van der Waals surface area contributed by atoms with E-state index in [4.69, 9.17) is 4.52 Å². The van der Waals surface area contributed by atoms with Crippen LogP contribution in [-0.4, -0.2) is 43.1 Å². The molecular formula is C15H20N4O3S. The highest BCUT2D eigenvalue weighted by Gasteiger charge is 2.29. The first-order valence-corrected chi connectivity index (χ1v) is 9.13. The van der Waals surface area contributed by atoms with Crippen molar-refractivity contribution >= 4 is 10.0 Å². The fourth-order valence-electron chi connectivity index (χ4n) is 2.84. The zero-order valence-corrected chi connectivity index (χ0v) is 13.8. The summed E-state index contributed by atoms with van der Waals surface area (Å²) >= 11 is 0. The van der Waals surface area contributed by atoms with Crippen molar-refractivity contribution < 1.29 is 12.9 Å². The van der Waals surface area contributed by atoms with E-state index in [1.807, 2.05) is 0 Å². The van der Waals surface area contributed by atoms with Crippen LogP contribution < -0.4 is 4.72 Å². The average molecular weight is 336 g/mol. The van der Waals surface area contributed by atoms with Crippen LogP contribution in [0, 0.1) is 6.92 Å². The summed E-state index contributed by atoms with van der Waals surface area (Å²) in [5.74, 6) is 1.24. The lowest BCUT2D eigenvalue weighted by Crippen LogP contribution is -2.35. The van der Waals surface area contributed by atoms with Gasteiger partial charge in [0.2, 0.25) is 15.9 Å². The van der Waals surface area contributed by atoms with Gasteiger partial charge in [-0.05, 0) is 31.5 Å². The van der Waals surface area contributed by atoms with Gasteiger partial charge in [0.05, 0.1) is 10.9 Å². The van der Waals surface area contributed by atoms with Crippen molar-refractivity contribution in [1.29, 1.82) is 0 Å². The van der Waals surface area contributed by atoms with Gasteiger partial charge >= 0.3 is 0 Å². The highest BCUT2D eigenvalue weighted by atomic mass is 32.2. The Kier molecular flexibility index (Phi) is 4.74. The van der Waals surface area contributed by atoms with Crippen LogP contribution >= 0.6 is 0 Å². The number of nitrogens with one attached hydrogen (secondary N) is 1. The lowest BCUT2D eigenvalue weighted by molar-refractivity contribution is 0.246. The number of aromatic nitrogens is 2. The average Bonchev–Trinajstić information content (AvgIpc) is 3.17. The SMILES string of the molecule is Cc1nc([C@@H]2CCCN2CCNS(=O)(=O)c2ccccc2)no1. The Morgan fingerprint density at radius 3 is 2.83 bits per heavy atom. The van der Waals surface area contributed by atoms with Gasteiger partial charge in [-0.25, -0.2) is 13.1 Å². The van der Waals surface area contributed by atoms with E-state index < -0.39 is 10.0 Å². The Balaban J connectivity index is 1.58. The minimum Gasteiger partial charge on any atom is -0.340 e. The predicted octanol–water partition coefficient (Wildman–Crippen LogP) is 1.49. The van der Waals surface area contributed by atoms with Crippen molar-refractivity contribution in [2.45, 2.75) is 30.7 Å². The topological polar surface area (TPSA) is 88.3 Å². The Hall–Kier alpha value is -1.77. The number of likely N-dealkylation sites (tertiary alicyclic amines) is 1. The van der Waals surface area contributed by atoms with Crippen LogP contribution in [0.25, 0.3) is 0 Å². The third-order valence-corrected chi connectivity index (χ3v) is 5.43. The molecule has 124 valence electrons. The molecule has 0 bridgehead atoms. The van der Waals surface area contributed by atoms with Crippen molar-refractivity contribution in [1.82, 2.24) is 19.8 Å². The van der Waals surface area contributed by atoms with Gasteiger partial charge in [0.15, 0.2) is 5.82 Å². The maximum absolute atomic E-state index is 12.2. The third kappa shape index (κ3) is 3.77. The van der Waals surface area contributed by atoms with E-state index in [0.29, 0.717) is 24.8 Å². The Bertz CT molecular complexity index is 745. The van der Waals surface area contributed by atoms with Crippen LogP contribution in [0.5, 0.6) is 0 Å². The van der Waals surface area contributed by atoms with Gasteiger partial charge in [0.1, 0.15) is 0 Å². The van der Waals surface area contributed by atoms with E-state index in [-0.39, 0.29) is 10.9 Å². The maximum Gasteiger partial charge on any atom is 0.240 e. The molecule has 1 fully saturated rings. The number of hydrogen-bond donors (Lipinski definition) is 1. The van der Waals surface area contributed by atoms with Crippen molar-refractivity contribution in [3.8, 4) is 0 Å². The number of rotatable bonds is 6. The lowest BCUT2D eigenvalue weighted by Gasteiger charge is -2.21. The molecule has 1 N–H and O–H groups in total. The molecule has 2 aromatic rings. The number of benzene rings is 1. The molecule has 1 saturated heterocycles. The third-order valence-electron chi connectivity index (χ3n) is 3.95. The molecule has 0 unspecified atom stereocenters. The Morgan fingerprint density at radius 1 is 1.35 bits per heavy atom. The second-order valence-corrected chi connectivity index (χ2v) is 7.34. The van der Waals surface area contributed by atoms with Gasteiger partial charge in [-0.1, -0.05) is 23.4 Å². The predicted molar refractivity (Wildman–Crippen MR) is 84.2 cm³/mol. The van der Waals surface area contributed by atoms with E-state index in [2.05, 4.69) is 19.8 Å². The van der Waals surface area contributed by atoms with Gasteiger partial charge < -0.3 is 4.52 Å². The molecule has 0 radical (unpaired) electrons. The molecule has 7 nitrogen and oxygen atoms in total. The van der Waals surface area contributed by atoms with Crippen molar-refractivity contribution in [2.24, 2.45) is 0 Å². The molecule has 1 aliphatic heterocycles. The molecule has 0 spiro atoms. The van der Waals surface area contributed by atoms with E-state index in [0.717, 1.165) is 19.4 Å². The molecular weight excluding hydrogens is 316 g/mol. The molecule has 0 amide bonds. The van der Waals surface area contributed by atoms with E-state index in [1.54, 1.807) is 37.3 Å². The minimum atomic E-state index is -3.46. The molecule has 8 heteroatoms. The monoisotopic (exact) mass is 336 g/mol. The fourth-order valence-corrected chi connectivity index (χ4v) is 3.89. The summed E-state index contributed by atoms with van der Waals surface area (Å²) in [5.41, 5.74) is 0. The first-order valence-electron chi connectivity index (χ1n) is 7.65. The van der Waals surface area contributed by atoms with Gasteiger partial charge in [-0.3, -0.25) is 4.90 Å². The highest BCUT2D eigenvalue weighted by Crippen LogP contribution is 2.29. The van der Waals surface area contributed by atoms with Crippen LogP contribution in [0.15, 0.2) is 39.8 Å². The summed E-state index contributed by atoms with van der Waals surface area (Å²) in [6.07, 6.45) is 2.01. The summed E-state index contributed by atoms with van der Waals surface area (Å²) in [5, 5.41) is 3.99. The molecule has 1 aliphatic rings. The zero-order valence-electron chi connectivity index (χ0n) is 13.0. The number of nitrogens with zero attached hydrogens (tertiary/aromatic N) is 3. The van der Waals surface area contributed by atoms with Gasteiger partial charge in [0.25, 0.3) is 0 Å². The van der Waals surface area contributed by atoms with Gasteiger partial charge in [-0.15, -0.1) is 0 Å². The van der Waals surface area contributed by atoms with E-state index in [9.17, 15) is 8.42 Å². The van der Waals surface area contributed by atoms with Crippen LogP contribution in [0.2, 0.25) is 0 Å². The first kappa shape index (κ1) is 16.1. The molecule has 1 aromatic heterocycles.